The summed E-state index contributed by atoms with van der Waals surface area (Å²) in [5, 5.41) is 9.48. The summed E-state index contributed by atoms with van der Waals surface area (Å²) in [4.78, 5) is 7.02. The zero-order valence-electron chi connectivity index (χ0n) is 17.7. The van der Waals surface area contributed by atoms with Crippen LogP contribution in [0.3, 0.4) is 0 Å². The number of benzene rings is 2. The first-order valence-corrected chi connectivity index (χ1v) is 11.3. The van der Waals surface area contributed by atoms with Crippen molar-refractivity contribution in [2.45, 2.75) is 64.2 Å². The molecule has 5 nitrogen and oxygen atoms in total. The lowest BCUT2D eigenvalue weighted by atomic mass is 9.85. The number of nitriles is 1. The number of rotatable bonds is 3. The van der Waals surface area contributed by atoms with Crippen LogP contribution in [-0.4, -0.2) is 20.6 Å². The number of fused-ring (bicyclic) bond motifs is 2. The lowest BCUT2D eigenvalue weighted by Gasteiger charge is -2.44. The van der Waals surface area contributed by atoms with Gasteiger partial charge in [0.05, 0.1) is 17.2 Å². The number of piperidine rings is 1. The molecule has 5 rings (SSSR count). The Balaban J connectivity index is 1.69. The Morgan fingerprint density at radius 2 is 1.80 bits per heavy atom. The Morgan fingerprint density at radius 3 is 2.63 bits per heavy atom. The quantitative estimate of drug-likeness (QED) is 0.588. The van der Waals surface area contributed by atoms with Crippen molar-refractivity contribution in [3.8, 4) is 6.19 Å². The van der Waals surface area contributed by atoms with E-state index >= 15 is 0 Å². The summed E-state index contributed by atoms with van der Waals surface area (Å²) in [6, 6.07) is 17.9. The predicted octanol–water partition coefficient (Wildman–Crippen LogP) is 4.91. The maximum Gasteiger partial charge on any atom is 0.223 e. The lowest BCUT2D eigenvalue weighted by molar-refractivity contribution is 0.0408. The van der Waals surface area contributed by atoms with Crippen LogP contribution in [0.15, 0.2) is 53.5 Å². The minimum Gasteiger partial charge on any atom is -0.310 e. The fraction of sp³-hybridized carbons (Fsp3) is 0.440. The topological polar surface area (TPSA) is 49.2 Å². The SMILES string of the molecule is CCn1c(=NC#N)n(C2CCCCN2C2CCCc3ccccc32)c2ccccc21. The van der Waals surface area contributed by atoms with Gasteiger partial charge in [-0.25, -0.2) is 0 Å². The van der Waals surface area contributed by atoms with Gasteiger partial charge in [-0.1, -0.05) is 36.4 Å². The highest BCUT2D eigenvalue weighted by Crippen LogP contribution is 2.41. The van der Waals surface area contributed by atoms with Crippen LogP contribution in [-0.2, 0) is 13.0 Å². The number of likely N-dealkylation sites (tertiary alicyclic amines) is 1. The second-order valence-corrected chi connectivity index (χ2v) is 8.44. The third kappa shape index (κ3) is 3.07. The molecule has 3 aromatic rings. The summed E-state index contributed by atoms with van der Waals surface area (Å²) in [5.74, 6) is 0. The first kappa shape index (κ1) is 19.1. The van der Waals surface area contributed by atoms with E-state index in [-0.39, 0.29) is 6.17 Å². The van der Waals surface area contributed by atoms with Crippen LogP contribution in [0.5, 0.6) is 0 Å². The second kappa shape index (κ2) is 8.12. The molecule has 5 heteroatoms. The van der Waals surface area contributed by atoms with Crippen LogP contribution in [0.25, 0.3) is 11.0 Å². The van der Waals surface area contributed by atoms with Crippen LogP contribution in [0, 0.1) is 11.5 Å². The fourth-order valence-electron chi connectivity index (χ4n) is 5.66. The van der Waals surface area contributed by atoms with E-state index in [0.29, 0.717) is 6.04 Å². The van der Waals surface area contributed by atoms with Crippen LogP contribution in [0.4, 0.5) is 0 Å². The molecule has 2 atom stereocenters. The molecule has 2 unspecified atom stereocenters. The lowest BCUT2D eigenvalue weighted by Crippen LogP contribution is -2.44. The summed E-state index contributed by atoms with van der Waals surface area (Å²) in [5.41, 5.74) is 6.11. The smallest absolute Gasteiger partial charge is 0.223 e. The normalized spacial score (nSPS) is 22.7. The molecular weight excluding hydrogens is 370 g/mol. The number of para-hydroxylation sites is 2. The van der Waals surface area contributed by atoms with Gasteiger partial charge in [0, 0.05) is 19.1 Å². The third-order valence-corrected chi connectivity index (χ3v) is 6.90. The van der Waals surface area contributed by atoms with Crippen LogP contribution in [0.1, 0.15) is 62.4 Å². The molecule has 0 amide bonds. The predicted molar refractivity (Wildman–Crippen MR) is 118 cm³/mol. The highest BCUT2D eigenvalue weighted by atomic mass is 15.4. The van der Waals surface area contributed by atoms with E-state index in [4.69, 9.17) is 0 Å². The summed E-state index contributed by atoms with van der Waals surface area (Å²) in [6.07, 6.45) is 9.45. The second-order valence-electron chi connectivity index (χ2n) is 8.44. The van der Waals surface area contributed by atoms with Gasteiger partial charge >= 0.3 is 0 Å². The molecule has 2 aromatic carbocycles. The first-order chi connectivity index (χ1) is 14.8. The minimum atomic E-state index is 0.222. The van der Waals surface area contributed by atoms with Crippen molar-refractivity contribution in [1.82, 2.24) is 14.0 Å². The van der Waals surface area contributed by atoms with Crippen LogP contribution < -0.4 is 5.62 Å². The van der Waals surface area contributed by atoms with Crippen molar-refractivity contribution in [2.24, 2.45) is 4.99 Å². The van der Waals surface area contributed by atoms with Gasteiger partial charge in [-0.2, -0.15) is 5.26 Å². The van der Waals surface area contributed by atoms with Gasteiger partial charge in [-0.3, -0.25) is 9.47 Å². The summed E-state index contributed by atoms with van der Waals surface area (Å²) in [6.45, 7) is 4.02. The molecule has 1 aliphatic carbocycles. The molecule has 0 spiro atoms. The Labute approximate surface area is 177 Å². The molecule has 1 saturated heterocycles. The number of aryl methyl sites for hydroxylation is 2. The van der Waals surface area contributed by atoms with E-state index in [9.17, 15) is 5.26 Å². The van der Waals surface area contributed by atoms with E-state index in [1.807, 2.05) is 0 Å². The average Bonchev–Trinajstić information content (AvgIpc) is 3.12. The summed E-state index contributed by atoms with van der Waals surface area (Å²) in [7, 11) is 0. The molecule has 1 aromatic heterocycles. The highest BCUT2D eigenvalue weighted by molar-refractivity contribution is 5.76. The Bertz CT molecular complexity index is 1160. The van der Waals surface area contributed by atoms with Crippen molar-refractivity contribution in [3.05, 3.63) is 65.3 Å². The number of nitrogens with zero attached hydrogens (tertiary/aromatic N) is 5. The Hall–Kier alpha value is -2.84. The largest absolute Gasteiger partial charge is 0.310 e. The molecule has 1 aliphatic heterocycles. The summed E-state index contributed by atoms with van der Waals surface area (Å²) < 4.78 is 4.53. The summed E-state index contributed by atoms with van der Waals surface area (Å²) >= 11 is 0. The van der Waals surface area contributed by atoms with Gasteiger partial charge in [0.25, 0.3) is 0 Å². The van der Waals surface area contributed by atoms with Crippen LogP contribution in [0.2, 0.25) is 0 Å². The standard InChI is InChI=1S/C25H29N5/c1-2-28-22-13-5-6-14-23(22)30(25(28)27-18-26)24-16-7-8-17-29(24)21-15-9-11-19-10-3-4-12-20(19)21/h3-6,10,12-14,21,24H,2,7-9,11,15-17H2,1H3. The molecule has 0 bridgehead atoms. The van der Waals surface area contributed by atoms with E-state index in [1.54, 1.807) is 0 Å². The van der Waals surface area contributed by atoms with Gasteiger partial charge in [0.2, 0.25) is 11.8 Å². The van der Waals surface area contributed by atoms with Gasteiger partial charge in [0.1, 0.15) is 0 Å². The van der Waals surface area contributed by atoms with E-state index in [2.05, 4.69) is 80.7 Å². The van der Waals surface area contributed by atoms with Gasteiger partial charge in [-0.15, -0.1) is 4.99 Å². The maximum absolute atomic E-state index is 9.48. The fourth-order valence-corrected chi connectivity index (χ4v) is 5.66. The zero-order chi connectivity index (χ0) is 20.5. The molecule has 154 valence electrons. The van der Waals surface area contributed by atoms with Gasteiger partial charge in [0.15, 0.2) is 0 Å². The van der Waals surface area contributed by atoms with Crippen molar-refractivity contribution in [2.75, 3.05) is 6.54 Å². The average molecular weight is 400 g/mol. The van der Waals surface area contributed by atoms with Gasteiger partial charge < -0.3 is 4.57 Å². The Morgan fingerprint density at radius 1 is 1.00 bits per heavy atom. The van der Waals surface area contributed by atoms with Crippen molar-refractivity contribution in [1.29, 1.82) is 5.26 Å². The Kier molecular flexibility index (Phi) is 5.18. The minimum absolute atomic E-state index is 0.222. The number of imidazole rings is 1. The zero-order valence-corrected chi connectivity index (χ0v) is 17.7. The molecule has 0 N–H and O–H groups in total. The molecule has 1 fully saturated rings. The third-order valence-electron chi connectivity index (χ3n) is 6.90. The van der Waals surface area contributed by atoms with Crippen molar-refractivity contribution in [3.63, 3.8) is 0 Å². The number of aromatic nitrogens is 2. The molecule has 2 heterocycles. The molecule has 0 saturated carbocycles. The maximum atomic E-state index is 9.48. The highest BCUT2D eigenvalue weighted by Gasteiger charge is 2.34. The van der Waals surface area contributed by atoms with Crippen molar-refractivity contribution < 1.29 is 0 Å². The first-order valence-electron chi connectivity index (χ1n) is 11.3. The molecular formula is C25H29N5. The van der Waals surface area contributed by atoms with Crippen molar-refractivity contribution >= 4 is 11.0 Å². The number of hydrogen-bond donors (Lipinski definition) is 0. The van der Waals surface area contributed by atoms with Crippen LogP contribution >= 0.6 is 0 Å². The van der Waals surface area contributed by atoms with E-state index in [1.165, 1.54) is 48.7 Å². The molecule has 30 heavy (non-hydrogen) atoms. The monoisotopic (exact) mass is 399 g/mol. The van der Waals surface area contributed by atoms with E-state index < -0.39 is 0 Å². The molecule has 2 aliphatic rings. The molecule has 0 radical (unpaired) electrons. The van der Waals surface area contributed by atoms with Gasteiger partial charge in [-0.05, 0) is 68.7 Å². The number of hydrogen-bond acceptors (Lipinski definition) is 3. The van der Waals surface area contributed by atoms with E-state index in [0.717, 1.165) is 30.6 Å².